The maximum Gasteiger partial charge on any atom is 0.247 e. The molecule has 1 aliphatic carbocycles. The topological polar surface area (TPSA) is 137 Å². The summed E-state index contributed by atoms with van der Waals surface area (Å²) in [5, 5.41) is 13.1. The van der Waals surface area contributed by atoms with Gasteiger partial charge in [-0.15, -0.1) is 0 Å². The molecule has 44 heavy (non-hydrogen) atoms. The summed E-state index contributed by atoms with van der Waals surface area (Å²) in [6.45, 7) is 8.64. The Labute approximate surface area is 258 Å². The van der Waals surface area contributed by atoms with Gasteiger partial charge in [-0.25, -0.2) is 0 Å². The van der Waals surface area contributed by atoms with E-state index in [1.165, 1.54) is 12.4 Å². The second-order valence-corrected chi connectivity index (χ2v) is 13.8. The molecule has 2 aromatic rings. The van der Waals surface area contributed by atoms with E-state index in [1.807, 2.05) is 42.2 Å². The number of amides is 3. The van der Waals surface area contributed by atoms with Gasteiger partial charge in [-0.05, 0) is 43.6 Å². The normalized spacial score (nSPS) is 28.7. The number of hydrogen-bond donors (Lipinski definition) is 3. The molecule has 6 atom stereocenters. The number of piperidine rings is 1. The highest BCUT2D eigenvalue weighted by Gasteiger charge is 2.67. The number of Topliss-reactive ketones (excluding diaryl/α,β-unsaturated/α-hetero) is 1. The highest BCUT2D eigenvalue weighted by atomic mass is 16.5. The molecule has 1 spiro atoms. The Morgan fingerprint density at radius 2 is 1.82 bits per heavy atom. The van der Waals surface area contributed by atoms with Gasteiger partial charge in [0.2, 0.25) is 17.7 Å². The molecular formula is C33H44N6O5. The van der Waals surface area contributed by atoms with Gasteiger partial charge < -0.3 is 25.2 Å². The van der Waals surface area contributed by atoms with Gasteiger partial charge in [-0.2, -0.15) is 5.10 Å². The van der Waals surface area contributed by atoms with Crippen LogP contribution in [-0.2, 0) is 25.7 Å². The van der Waals surface area contributed by atoms with E-state index in [4.69, 9.17) is 4.74 Å². The van der Waals surface area contributed by atoms with E-state index in [2.05, 4.69) is 34.7 Å². The van der Waals surface area contributed by atoms with Crippen LogP contribution in [0.15, 0.2) is 42.7 Å². The molecule has 4 heterocycles. The Balaban J connectivity index is 1.23. The Hall–Kier alpha value is -3.57. The molecule has 1 aromatic carbocycles. The summed E-state index contributed by atoms with van der Waals surface area (Å²) in [7, 11) is 0. The third-order valence-corrected chi connectivity index (χ3v) is 10.3. The fourth-order valence-corrected chi connectivity index (χ4v) is 7.36. The average molecular weight is 605 g/mol. The summed E-state index contributed by atoms with van der Waals surface area (Å²) >= 11 is 0. The quantitative estimate of drug-likeness (QED) is 0.354. The minimum absolute atomic E-state index is 0.0328. The number of carbonyl (C=O) groups is 4. The minimum Gasteiger partial charge on any atom is -0.371 e. The first-order valence-corrected chi connectivity index (χ1v) is 15.9. The highest BCUT2D eigenvalue weighted by molar-refractivity contribution is 6.04. The molecule has 3 saturated heterocycles. The zero-order chi connectivity index (χ0) is 31.1. The Morgan fingerprint density at radius 1 is 1.09 bits per heavy atom. The van der Waals surface area contributed by atoms with Crippen LogP contribution < -0.4 is 10.6 Å². The number of benzene rings is 1. The summed E-state index contributed by atoms with van der Waals surface area (Å²) in [5.41, 5.74) is 0.479. The summed E-state index contributed by atoms with van der Waals surface area (Å²) in [5.74, 6) is -1.45. The number of carbonyl (C=O) groups excluding carboxylic acids is 4. The predicted octanol–water partition coefficient (Wildman–Crippen LogP) is 2.16. The molecule has 1 aromatic heterocycles. The van der Waals surface area contributed by atoms with Crippen molar-refractivity contribution in [1.29, 1.82) is 0 Å². The van der Waals surface area contributed by atoms with Crippen molar-refractivity contribution in [3.8, 4) is 0 Å². The second kappa shape index (κ2) is 12.1. The molecule has 3 aliphatic heterocycles. The number of nitrogens with zero attached hydrogens (tertiary/aromatic N) is 3. The van der Waals surface area contributed by atoms with Gasteiger partial charge >= 0.3 is 0 Å². The zero-order valence-electron chi connectivity index (χ0n) is 25.9. The summed E-state index contributed by atoms with van der Waals surface area (Å²) < 4.78 is 6.17. The third kappa shape index (κ3) is 5.67. The number of likely N-dealkylation sites (tertiary alicyclic amines) is 2. The molecule has 0 radical (unpaired) electrons. The molecule has 4 fully saturated rings. The van der Waals surface area contributed by atoms with E-state index >= 15 is 0 Å². The number of ether oxygens (including phenoxy) is 1. The van der Waals surface area contributed by atoms with Crippen LogP contribution in [0.3, 0.4) is 0 Å². The summed E-state index contributed by atoms with van der Waals surface area (Å²) in [4.78, 5) is 59.0. The zero-order valence-corrected chi connectivity index (χ0v) is 25.9. The summed E-state index contributed by atoms with van der Waals surface area (Å²) in [6, 6.07) is 8.06. The molecule has 4 aliphatic rings. The molecule has 6 rings (SSSR count). The monoisotopic (exact) mass is 604 g/mol. The van der Waals surface area contributed by atoms with E-state index in [-0.39, 0.29) is 34.8 Å². The van der Waals surface area contributed by atoms with E-state index in [0.29, 0.717) is 44.9 Å². The molecule has 3 unspecified atom stereocenters. The molecule has 0 bridgehead atoms. The molecule has 11 nitrogen and oxygen atoms in total. The van der Waals surface area contributed by atoms with Crippen molar-refractivity contribution in [2.75, 3.05) is 32.7 Å². The van der Waals surface area contributed by atoms with Crippen molar-refractivity contribution in [3.05, 3.63) is 53.9 Å². The van der Waals surface area contributed by atoms with Crippen molar-refractivity contribution in [2.24, 2.45) is 22.7 Å². The number of aromatic amines is 1. The van der Waals surface area contributed by atoms with Gasteiger partial charge in [0.25, 0.3) is 0 Å². The first kappa shape index (κ1) is 30.5. The van der Waals surface area contributed by atoms with Crippen molar-refractivity contribution < 1.29 is 23.9 Å². The predicted molar refractivity (Wildman–Crippen MR) is 162 cm³/mol. The standard InChI is InChI=1S/C33H44N6O5/c1-21(44-18-22-10-6-4-7-11-22)26(31(43)38-12-8-5-9-13-38)37-29(41)25-17-34-19-33(25)20-39(30(42)24-14-32(24,2)3)28(33)27(40)23-15-35-36-16-23/h4,6-7,10-11,15-16,21,24-26,28,34H,5,8-9,12-14,17-20H2,1-3H3,(H,35,36)(H,37,41)/t21-,24-,25?,26+,28?,33?/m1/s1. The number of nitrogens with one attached hydrogen (secondary N) is 3. The first-order chi connectivity index (χ1) is 21.1. The van der Waals surface area contributed by atoms with E-state index in [0.717, 1.165) is 31.2 Å². The van der Waals surface area contributed by atoms with Crippen LogP contribution in [-0.4, -0.2) is 94.4 Å². The lowest BCUT2D eigenvalue weighted by atomic mass is 9.62. The van der Waals surface area contributed by atoms with Crippen LogP contribution in [0.4, 0.5) is 0 Å². The molecule has 3 amide bonds. The molecule has 1 saturated carbocycles. The third-order valence-electron chi connectivity index (χ3n) is 10.3. The largest absolute Gasteiger partial charge is 0.371 e. The van der Waals surface area contributed by atoms with Gasteiger partial charge in [-0.3, -0.25) is 24.3 Å². The minimum atomic E-state index is -0.880. The number of H-pyrrole nitrogens is 1. The number of ketones is 1. The van der Waals surface area contributed by atoms with Crippen molar-refractivity contribution in [1.82, 2.24) is 30.6 Å². The van der Waals surface area contributed by atoms with E-state index in [9.17, 15) is 19.2 Å². The lowest BCUT2D eigenvalue weighted by molar-refractivity contribution is -0.160. The van der Waals surface area contributed by atoms with Crippen molar-refractivity contribution >= 4 is 23.5 Å². The van der Waals surface area contributed by atoms with E-state index in [1.54, 1.807) is 4.90 Å². The summed E-state index contributed by atoms with van der Waals surface area (Å²) in [6.07, 6.45) is 6.14. The van der Waals surface area contributed by atoms with Crippen LogP contribution in [0, 0.1) is 22.7 Å². The molecule has 236 valence electrons. The Bertz CT molecular complexity index is 1370. The number of rotatable bonds is 10. The maximum absolute atomic E-state index is 14.2. The second-order valence-electron chi connectivity index (χ2n) is 13.8. The Morgan fingerprint density at radius 3 is 2.48 bits per heavy atom. The van der Waals surface area contributed by atoms with Crippen LogP contribution in [0.1, 0.15) is 62.4 Å². The van der Waals surface area contributed by atoms with Gasteiger partial charge in [0.15, 0.2) is 5.78 Å². The van der Waals surface area contributed by atoms with Crippen molar-refractivity contribution in [3.63, 3.8) is 0 Å². The van der Waals surface area contributed by atoms with Crippen LogP contribution in [0.5, 0.6) is 0 Å². The lowest BCUT2D eigenvalue weighted by Crippen LogP contribution is -2.74. The number of hydrogen-bond acceptors (Lipinski definition) is 7. The van der Waals surface area contributed by atoms with Gasteiger partial charge in [0, 0.05) is 50.3 Å². The Kier molecular flexibility index (Phi) is 8.36. The van der Waals surface area contributed by atoms with Gasteiger partial charge in [0.05, 0.1) is 30.4 Å². The van der Waals surface area contributed by atoms with Gasteiger partial charge in [-0.1, -0.05) is 44.2 Å². The molecular weight excluding hydrogens is 560 g/mol. The highest BCUT2D eigenvalue weighted by Crippen LogP contribution is 2.56. The fraction of sp³-hybridized carbons (Fsp3) is 0.606. The van der Waals surface area contributed by atoms with E-state index < -0.39 is 29.5 Å². The first-order valence-electron chi connectivity index (χ1n) is 15.9. The van der Waals surface area contributed by atoms with Gasteiger partial charge in [0.1, 0.15) is 12.1 Å². The average Bonchev–Trinajstić information content (AvgIpc) is 3.41. The number of aromatic nitrogens is 2. The SMILES string of the molecule is C[C@@H](OCc1ccccc1)[C@H](NC(=O)C1CNCC12CN(C(=O)[C@H]1CC1(C)C)C2C(=O)c1cn[nH]c1)C(=O)N1CCCCC1. The smallest absolute Gasteiger partial charge is 0.247 e. The fourth-order valence-electron chi connectivity index (χ4n) is 7.36. The lowest BCUT2D eigenvalue weighted by Gasteiger charge is -2.57. The molecule has 11 heteroatoms. The van der Waals surface area contributed by atoms with Crippen LogP contribution in [0.2, 0.25) is 0 Å². The van der Waals surface area contributed by atoms with Crippen LogP contribution in [0.25, 0.3) is 0 Å². The molecule has 3 N–H and O–H groups in total. The maximum atomic E-state index is 14.2. The van der Waals surface area contributed by atoms with Crippen molar-refractivity contribution in [2.45, 2.75) is 71.2 Å². The van der Waals surface area contributed by atoms with Crippen LogP contribution >= 0.6 is 0 Å².